The molecule has 2 N–H and O–H groups in total. The first-order valence-corrected chi connectivity index (χ1v) is 7.36. The molecule has 2 atom stereocenters. The topological polar surface area (TPSA) is 38.9 Å². The first-order valence-electron chi connectivity index (χ1n) is 6.48. The van der Waals surface area contributed by atoms with Gasteiger partial charge in [0.25, 0.3) is 0 Å². The molecular formula is C15H18N2S. The number of rotatable bonds is 3. The molecule has 1 aromatic carbocycles. The van der Waals surface area contributed by atoms with E-state index in [4.69, 9.17) is 5.73 Å². The van der Waals surface area contributed by atoms with E-state index in [0.29, 0.717) is 5.92 Å². The van der Waals surface area contributed by atoms with Crippen LogP contribution in [0.5, 0.6) is 0 Å². The van der Waals surface area contributed by atoms with Crippen LogP contribution >= 0.6 is 11.3 Å². The molecule has 3 rings (SSSR count). The Bertz CT molecular complexity index is 547. The Labute approximate surface area is 112 Å². The van der Waals surface area contributed by atoms with Gasteiger partial charge in [-0.3, -0.25) is 0 Å². The van der Waals surface area contributed by atoms with Crippen molar-refractivity contribution in [1.29, 1.82) is 0 Å². The van der Waals surface area contributed by atoms with E-state index in [1.807, 2.05) is 6.92 Å². The van der Waals surface area contributed by atoms with E-state index in [9.17, 15) is 0 Å². The van der Waals surface area contributed by atoms with Crippen molar-refractivity contribution in [3.05, 3.63) is 51.5 Å². The number of nitrogens with two attached hydrogens (primary N) is 1. The number of benzene rings is 1. The predicted molar refractivity (Wildman–Crippen MR) is 76.0 cm³/mol. The molecule has 18 heavy (non-hydrogen) atoms. The highest BCUT2D eigenvalue weighted by Gasteiger charge is 2.27. The zero-order valence-corrected chi connectivity index (χ0v) is 11.4. The van der Waals surface area contributed by atoms with Gasteiger partial charge in [-0.1, -0.05) is 24.3 Å². The van der Waals surface area contributed by atoms with Gasteiger partial charge in [0.15, 0.2) is 0 Å². The number of fused-ring (bicyclic) bond motifs is 1. The number of hydrogen-bond donors (Lipinski definition) is 1. The highest BCUT2D eigenvalue weighted by Crippen LogP contribution is 2.35. The van der Waals surface area contributed by atoms with Crippen LogP contribution in [0.15, 0.2) is 29.6 Å². The van der Waals surface area contributed by atoms with Crippen LogP contribution in [0, 0.1) is 6.92 Å². The summed E-state index contributed by atoms with van der Waals surface area (Å²) in [5, 5.41) is 3.27. The summed E-state index contributed by atoms with van der Waals surface area (Å²) >= 11 is 1.73. The van der Waals surface area contributed by atoms with Gasteiger partial charge in [0.05, 0.1) is 5.01 Å². The average molecular weight is 258 g/mol. The quantitative estimate of drug-likeness (QED) is 0.919. The number of hydrogen-bond acceptors (Lipinski definition) is 3. The fourth-order valence-corrected chi connectivity index (χ4v) is 3.72. The van der Waals surface area contributed by atoms with Crippen molar-refractivity contribution in [2.24, 2.45) is 5.73 Å². The Morgan fingerprint density at radius 3 is 3.06 bits per heavy atom. The minimum Gasteiger partial charge on any atom is -0.327 e. The maximum absolute atomic E-state index is 6.40. The first-order chi connectivity index (χ1) is 8.74. The van der Waals surface area contributed by atoms with E-state index in [-0.39, 0.29) is 6.04 Å². The lowest BCUT2D eigenvalue weighted by molar-refractivity contribution is 0.524. The number of aryl methyl sites for hydroxylation is 2. The summed E-state index contributed by atoms with van der Waals surface area (Å²) in [4.78, 5) is 4.52. The third kappa shape index (κ3) is 2.20. The van der Waals surface area contributed by atoms with E-state index in [1.165, 1.54) is 29.0 Å². The maximum Gasteiger partial charge on any atom is 0.0943 e. The molecule has 0 amide bonds. The fraction of sp³-hybridized carbons (Fsp3) is 0.400. The van der Waals surface area contributed by atoms with E-state index in [1.54, 1.807) is 11.3 Å². The Morgan fingerprint density at radius 1 is 1.44 bits per heavy atom. The first kappa shape index (κ1) is 11.9. The molecule has 1 aliphatic carbocycles. The lowest BCUT2D eigenvalue weighted by atomic mass is 9.92. The van der Waals surface area contributed by atoms with Crippen LogP contribution in [0.4, 0.5) is 0 Å². The smallest absolute Gasteiger partial charge is 0.0943 e. The maximum atomic E-state index is 6.40. The molecule has 0 aliphatic heterocycles. The van der Waals surface area contributed by atoms with Crippen LogP contribution in [0.25, 0.3) is 0 Å². The van der Waals surface area contributed by atoms with Crippen molar-refractivity contribution in [1.82, 2.24) is 4.98 Å². The molecule has 3 heteroatoms. The number of thiazole rings is 1. The van der Waals surface area contributed by atoms with Crippen molar-refractivity contribution in [2.45, 2.75) is 38.1 Å². The van der Waals surface area contributed by atoms with E-state index < -0.39 is 0 Å². The van der Waals surface area contributed by atoms with Crippen LogP contribution in [0.1, 0.15) is 34.2 Å². The van der Waals surface area contributed by atoms with Crippen molar-refractivity contribution >= 4 is 11.3 Å². The van der Waals surface area contributed by atoms with Crippen molar-refractivity contribution in [3.63, 3.8) is 0 Å². The monoisotopic (exact) mass is 258 g/mol. The summed E-state index contributed by atoms with van der Waals surface area (Å²) in [6.07, 6.45) is 3.26. The largest absolute Gasteiger partial charge is 0.327 e. The SMILES string of the molecule is Cc1csc(CC(N)C2CCc3ccccc32)n1. The molecule has 1 aromatic heterocycles. The second-order valence-corrected chi connectivity index (χ2v) is 6.04. The van der Waals surface area contributed by atoms with E-state index >= 15 is 0 Å². The van der Waals surface area contributed by atoms with Crippen LogP contribution < -0.4 is 5.73 Å². The van der Waals surface area contributed by atoms with Gasteiger partial charge in [0.2, 0.25) is 0 Å². The Morgan fingerprint density at radius 2 is 2.28 bits per heavy atom. The van der Waals surface area contributed by atoms with Crippen LogP contribution in [0.2, 0.25) is 0 Å². The summed E-state index contributed by atoms with van der Waals surface area (Å²) < 4.78 is 0. The zero-order chi connectivity index (χ0) is 12.5. The molecule has 0 fully saturated rings. The third-order valence-electron chi connectivity index (χ3n) is 3.77. The van der Waals surface area contributed by atoms with Gasteiger partial charge in [-0.15, -0.1) is 11.3 Å². The van der Waals surface area contributed by atoms with E-state index in [0.717, 1.165) is 12.1 Å². The molecule has 2 nitrogen and oxygen atoms in total. The van der Waals surface area contributed by atoms with Crippen molar-refractivity contribution in [3.8, 4) is 0 Å². The van der Waals surface area contributed by atoms with Crippen molar-refractivity contribution in [2.75, 3.05) is 0 Å². The molecule has 1 aliphatic rings. The third-order valence-corrected chi connectivity index (χ3v) is 4.76. The van der Waals surface area contributed by atoms with Crippen molar-refractivity contribution < 1.29 is 0 Å². The van der Waals surface area contributed by atoms with Gasteiger partial charge in [0.1, 0.15) is 0 Å². The molecular weight excluding hydrogens is 240 g/mol. The highest BCUT2D eigenvalue weighted by molar-refractivity contribution is 7.09. The second-order valence-electron chi connectivity index (χ2n) is 5.09. The fourth-order valence-electron chi connectivity index (χ4n) is 2.88. The highest BCUT2D eigenvalue weighted by atomic mass is 32.1. The zero-order valence-electron chi connectivity index (χ0n) is 10.6. The lowest BCUT2D eigenvalue weighted by Crippen LogP contribution is -2.29. The lowest BCUT2D eigenvalue weighted by Gasteiger charge is -2.19. The average Bonchev–Trinajstić information content (AvgIpc) is 2.95. The second kappa shape index (κ2) is 4.82. The van der Waals surface area contributed by atoms with Gasteiger partial charge in [-0.05, 0) is 36.8 Å². The minimum absolute atomic E-state index is 0.194. The van der Waals surface area contributed by atoms with Crippen LogP contribution in [-0.2, 0) is 12.8 Å². The number of nitrogens with zero attached hydrogens (tertiary/aromatic N) is 1. The van der Waals surface area contributed by atoms with E-state index in [2.05, 4.69) is 34.6 Å². The summed E-state index contributed by atoms with van der Waals surface area (Å²) in [6, 6.07) is 8.91. The summed E-state index contributed by atoms with van der Waals surface area (Å²) in [6.45, 7) is 2.04. The Kier molecular flexibility index (Phi) is 3.18. The molecule has 1 heterocycles. The molecule has 2 aromatic rings. The molecule has 2 unspecified atom stereocenters. The van der Waals surface area contributed by atoms with Gasteiger partial charge in [-0.25, -0.2) is 4.98 Å². The van der Waals surface area contributed by atoms with Crippen LogP contribution in [-0.4, -0.2) is 11.0 Å². The Balaban J connectivity index is 1.76. The predicted octanol–water partition coefficient (Wildman–Crippen LogP) is 3.05. The molecule has 0 radical (unpaired) electrons. The summed E-state index contributed by atoms with van der Waals surface area (Å²) in [5.41, 5.74) is 10.4. The van der Waals surface area contributed by atoms with Gasteiger partial charge >= 0.3 is 0 Å². The standard InChI is InChI=1S/C15H18N2S/c1-10-9-18-15(17-10)8-14(16)13-7-6-11-4-2-3-5-12(11)13/h2-5,9,13-14H,6-8,16H2,1H3. The summed E-state index contributed by atoms with van der Waals surface area (Å²) in [5.74, 6) is 0.505. The van der Waals surface area contributed by atoms with Crippen LogP contribution in [0.3, 0.4) is 0 Å². The molecule has 0 spiro atoms. The van der Waals surface area contributed by atoms with Gasteiger partial charge < -0.3 is 5.73 Å². The van der Waals surface area contributed by atoms with Gasteiger partial charge in [-0.2, -0.15) is 0 Å². The molecule has 0 saturated carbocycles. The normalized spacial score (nSPS) is 19.8. The molecule has 94 valence electrons. The van der Waals surface area contributed by atoms with Gasteiger partial charge in [0, 0.05) is 23.5 Å². The minimum atomic E-state index is 0.194. The number of aromatic nitrogens is 1. The summed E-state index contributed by atoms with van der Waals surface area (Å²) in [7, 11) is 0. The Hall–Kier alpha value is -1.19. The molecule has 0 bridgehead atoms. The molecule has 0 saturated heterocycles.